The Morgan fingerprint density at radius 1 is 1.05 bits per heavy atom. The number of fused-ring (bicyclic) bond motifs is 1. The van der Waals surface area contributed by atoms with Crippen LogP contribution in [0.4, 0.5) is 0 Å². The van der Waals surface area contributed by atoms with E-state index >= 15 is 0 Å². The molecule has 0 N–H and O–H groups in total. The van der Waals surface area contributed by atoms with Gasteiger partial charge in [-0.05, 0) is 55.5 Å². The van der Waals surface area contributed by atoms with Crippen molar-refractivity contribution in [3.05, 3.63) is 46.2 Å². The van der Waals surface area contributed by atoms with Gasteiger partial charge in [-0.15, -0.1) is 0 Å². The molecule has 100 valence electrons. The second-order valence-electron chi connectivity index (χ2n) is 5.97. The van der Waals surface area contributed by atoms with Gasteiger partial charge in [0.2, 0.25) is 0 Å². The Morgan fingerprint density at radius 3 is 2.53 bits per heavy atom. The van der Waals surface area contributed by atoms with Crippen molar-refractivity contribution in [2.75, 3.05) is 0 Å². The van der Waals surface area contributed by atoms with E-state index in [-0.39, 0.29) is 5.56 Å². The van der Waals surface area contributed by atoms with Crippen molar-refractivity contribution in [3.8, 4) is 0 Å². The molecule has 0 unspecified atom stereocenters. The Morgan fingerprint density at radius 2 is 1.79 bits per heavy atom. The van der Waals surface area contributed by atoms with Gasteiger partial charge in [-0.1, -0.05) is 25.1 Å². The van der Waals surface area contributed by atoms with Gasteiger partial charge in [-0.3, -0.25) is 4.79 Å². The van der Waals surface area contributed by atoms with Gasteiger partial charge < -0.3 is 4.57 Å². The summed E-state index contributed by atoms with van der Waals surface area (Å²) >= 11 is 0. The predicted octanol–water partition coefficient (Wildman–Crippen LogP) is 4.06. The standard InChI is InChI=1S/C17H21NO/c1-12-6-9-15(10-7-12)18-16(19)11-8-14-5-3-4-13(2)17(14)18/h3-5,8,11-12,15H,6-7,9-10H2,1-2H3. The minimum absolute atomic E-state index is 0.154. The van der Waals surface area contributed by atoms with Gasteiger partial charge in [0, 0.05) is 12.1 Å². The van der Waals surface area contributed by atoms with Gasteiger partial charge in [0.1, 0.15) is 0 Å². The zero-order valence-corrected chi connectivity index (χ0v) is 11.7. The first-order chi connectivity index (χ1) is 9.16. The Balaban J connectivity index is 2.17. The predicted molar refractivity (Wildman–Crippen MR) is 79.6 cm³/mol. The summed E-state index contributed by atoms with van der Waals surface area (Å²) in [6.07, 6.45) is 4.74. The van der Waals surface area contributed by atoms with Crippen LogP contribution in [0.25, 0.3) is 10.9 Å². The van der Waals surface area contributed by atoms with Crippen molar-refractivity contribution < 1.29 is 0 Å². The van der Waals surface area contributed by atoms with E-state index in [0.717, 1.165) is 24.3 Å². The van der Waals surface area contributed by atoms with Gasteiger partial charge in [-0.2, -0.15) is 0 Å². The lowest BCUT2D eigenvalue weighted by atomic mass is 9.87. The van der Waals surface area contributed by atoms with Gasteiger partial charge in [0.05, 0.1) is 5.52 Å². The molecule has 1 aromatic carbocycles. The first-order valence-corrected chi connectivity index (χ1v) is 7.27. The summed E-state index contributed by atoms with van der Waals surface area (Å²) in [6.45, 7) is 4.41. The molecule has 0 amide bonds. The van der Waals surface area contributed by atoms with Crippen LogP contribution < -0.4 is 5.56 Å². The third kappa shape index (κ3) is 2.20. The minimum Gasteiger partial charge on any atom is -0.305 e. The maximum atomic E-state index is 12.3. The van der Waals surface area contributed by atoms with Crippen LogP contribution in [0.15, 0.2) is 35.1 Å². The summed E-state index contributed by atoms with van der Waals surface area (Å²) < 4.78 is 2.05. The lowest BCUT2D eigenvalue weighted by Gasteiger charge is -2.29. The molecule has 2 nitrogen and oxygen atoms in total. The van der Waals surface area contributed by atoms with Gasteiger partial charge in [-0.25, -0.2) is 0 Å². The number of hydrogen-bond acceptors (Lipinski definition) is 1. The molecule has 3 rings (SSSR count). The van der Waals surface area contributed by atoms with E-state index in [1.807, 2.05) is 6.07 Å². The molecular weight excluding hydrogens is 234 g/mol. The minimum atomic E-state index is 0.154. The largest absolute Gasteiger partial charge is 0.305 e. The molecule has 1 aromatic heterocycles. The molecule has 1 aliphatic rings. The number of pyridine rings is 1. The lowest BCUT2D eigenvalue weighted by molar-refractivity contribution is 0.290. The molecule has 0 aliphatic heterocycles. The average molecular weight is 255 g/mol. The molecule has 1 heterocycles. The zero-order valence-electron chi connectivity index (χ0n) is 11.7. The Labute approximate surface area is 114 Å². The molecule has 0 spiro atoms. The topological polar surface area (TPSA) is 22.0 Å². The van der Waals surface area contributed by atoms with Crippen molar-refractivity contribution in [3.63, 3.8) is 0 Å². The summed E-state index contributed by atoms with van der Waals surface area (Å²) in [4.78, 5) is 12.3. The van der Waals surface area contributed by atoms with Gasteiger partial charge in [0.25, 0.3) is 5.56 Å². The number of hydrogen-bond donors (Lipinski definition) is 0. The van der Waals surface area contributed by atoms with Crippen LogP contribution in [0.1, 0.15) is 44.2 Å². The van der Waals surface area contributed by atoms with E-state index in [0.29, 0.717) is 6.04 Å². The molecule has 19 heavy (non-hydrogen) atoms. The molecule has 2 aromatic rings. The molecule has 0 saturated heterocycles. The number of rotatable bonds is 1. The van der Waals surface area contributed by atoms with Crippen LogP contribution in [-0.4, -0.2) is 4.57 Å². The molecule has 2 heteroatoms. The summed E-state index contributed by atoms with van der Waals surface area (Å²) in [6, 6.07) is 10.3. The van der Waals surface area contributed by atoms with Crippen molar-refractivity contribution in [2.24, 2.45) is 5.92 Å². The number of para-hydroxylation sites is 1. The van der Waals surface area contributed by atoms with Crippen molar-refractivity contribution in [2.45, 2.75) is 45.6 Å². The quantitative estimate of drug-likeness (QED) is 0.753. The van der Waals surface area contributed by atoms with Crippen LogP contribution in [0.5, 0.6) is 0 Å². The zero-order chi connectivity index (χ0) is 13.4. The highest BCUT2D eigenvalue weighted by molar-refractivity contribution is 5.82. The number of nitrogens with zero attached hydrogens (tertiary/aromatic N) is 1. The van der Waals surface area contributed by atoms with E-state index in [9.17, 15) is 4.79 Å². The third-order valence-electron chi connectivity index (χ3n) is 4.50. The first-order valence-electron chi connectivity index (χ1n) is 7.27. The molecule has 0 bridgehead atoms. The van der Waals surface area contributed by atoms with Crippen LogP contribution >= 0.6 is 0 Å². The van der Waals surface area contributed by atoms with Gasteiger partial charge in [0.15, 0.2) is 0 Å². The van der Waals surface area contributed by atoms with Crippen LogP contribution in [0, 0.1) is 12.8 Å². The normalized spacial score (nSPS) is 23.7. The van der Waals surface area contributed by atoms with Crippen molar-refractivity contribution in [1.82, 2.24) is 4.57 Å². The SMILES string of the molecule is Cc1cccc2ccc(=O)n(C3CCC(C)CC3)c12. The fourth-order valence-electron chi connectivity index (χ4n) is 3.36. The van der Waals surface area contributed by atoms with E-state index in [2.05, 4.69) is 36.6 Å². The van der Waals surface area contributed by atoms with Crippen LogP contribution in [0.3, 0.4) is 0 Å². The fourth-order valence-corrected chi connectivity index (χ4v) is 3.36. The second kappa shape index (κ2) is 4.84. The maximum Gasteiger partial charge on any atom is 0.251 e. The monoisotopic (exact) mass is 255 g/mol. The highest BCUT2D eigenvalue weighted by Crippen LogP contribution is 2.33. The summed E-state index contributed by atoms with van der Waals surface area (Å²) in [5.41, 5.74) is 2.49. The summed E-state index contributed by atoms with van der Waals surface area (Å²) in [7, 11) is 0. The molecule has 1 fully saturated rings. The van der Waals surface area contributed by atoms with Gasteiger partial charge >= 0.3 is 0 Å². The summed E-state index contributed by atoms with van der Waals surface area (Å²) in [5.74, 6) is 0.808. The lowest BCUT2D eigenvalue weighted by Crippen LogP contribution is -2.27. The van der Waals surface area contributed by atoms with Crippen molar-refractivity contribution in [1.29, 1.82) is 0 Å². The maximum absolute atomic E-state index is 12.3. The Kier molecular flexibility index (Phi) is 3.17. The molecule has 0 radical (unpaired) electrons. The fraction of sp³-hybridized carbons (Fsp3) is 0.471. The number of benzene rings is 1. The second-order valence-corrected chi connectivity index (χ2v) is 5.97. The van der Waals surface area contributed by atoms with E-state index in [1.165, 1.54) is 23.8 Å². The molecular formula is C17H21NO. The summed E-state index contributed by atoms with van der Waals surface area (Å²) in [5, 5.41) is 1.18. The highest BCUT2D eigenvalue weighted by Gasteiger charge is 2.22. The highest BCUT2D eigenvalue weighted by atomic mass is 16.1. The smallest absolute Gasteiger partial charge is 0.251 e. The number of aromatic nitrogens is 1. The van der Waals surface area contributed by atoms with E-state index in [1.54, 1.807) is 6.07 Å². The van der Waals surface area contributed by atoms with E-state index < -0.39 is 0 Å². The van der Waals surface area contributed by atoms with Crippen LogP contribution in [-0.2, 0) is 0 Å². The Hall–Kier alpha value is -1.57. The average Bonchev–Trinajstić information content (AvgIpc) is 2.41. The Bertz CT molecular complexity index is 648. The number of aryl methyl sites for hydroxylation is 1. The third-order valence-corrected chi connectivity index (χ3v) is 4.50. The van der Waals surface area contributed by atoms with Crippen molar-refractivity contribution >= 4 is 10.9 Å². The van der Waals surface area contributed by atoms with E-state index in [4.69, 9.17) is 0 Å². The molecule has 1 aliphatic carbocycles. The molecule has 0 atom stereocenters. The van der Waals surface area contributed by atoms with Crippen LogP contribution in [0.2, 0.25) is 0 Å². The first kappa shape index (κ1) is 12.5. The molecule has 1 saturated carbocycles.